The van der Waals surface area contributed by atoms with E-state index in [-0.39, 0.29) is 6.61 Å². The molecule has 0 fully saturated rings. The third kappa shape index (κ3) is 3.35. The van der Waals surface area contributed by atoms with Crippen LogP contribution in [-0.2, 0) is 9.53 Å². The van der Waals surface area contributed by atoms with Crippen LogP contribution in [-0.4, -0.2) is 40.0 Å². The number of carbonyl (C=O) groups is 1. The van der Waals surface area contributed by atoms with Crippen molar-refractivity contribution in [2.45, 2.75) is 17.2 Å². The second-order valence-corrected chi connectivity index (χ2v) is 4.29. The van der Waals surface area contributed by atoms with Gasteiger partial charge < -0.3 is 14.8 Å². The third-order valence-corrected chi connectivity index (χ3v) is 3.06. The van der Waals surface area contributed by atoms with Crippen molar-refractivity contribution >= 4 is 17.7 Å². The van der Waals surface area contributed by atoms with Crippen LogP contribution < -0.4 is 5.69 Å². The maximum atomic E-state index is 11.0. The van der Waals surface area contributed by atoms with E-state index in [0.29, 0.717) is 5.03 Å². The van der Waals surface area contributed by atoms with Gasteiger partial charge in [-0.05, 0) is 12.5 Å². The van der Waals surface area contributed by atoms with Gasteiger partial charge >= 0.3 is 11.7 Å². The van der Waals surface area contributed by atoms with Crippen molar-refractivity contribution in [2.75, 3.05) is 13.7 Å². The van der Waals surface area contributed by atoms with E-state index in [9.17, 15) is 9.59 Å². The number of aryl methyl sites for hydroxylation is 1. The maximum Gasteiger partial charge on any atom is 0.345 e. The van der Waals surface area contributed by atoms with Gasteiger partial charge in [0, 0.05) is 13.3 Å². The zero-order valence-corrected chi connectivity index (χ0v) is 9.71. The Labute approximate surface area is 96.0 Å². The molecule has 0 aliphatic rings. The molecule has 0 aromatic carbocycles. The fraction of sp³-hybridized carbons (Fsp3) is 0.444. The van der Waals surface area contributed by atoms with E-state index in [1.165, 1.54) is 13.3 Å². The second kappa shape index (κ2) is 5.66. The number of H-pyrrole nitrogens is 1. The smallest absolute Gasteiger partial charge is 0.345 e. The quantitative estimate of drug-likeness (QED) is 0.570. The van der Waals surface area contributed by atoms with Crippen LogP contribution in [0.4, 0.5) is 0 Å². The van der Waals surface area contributed by atoms with Crippen molar-refractivity contribution in [2.24, 2.45) is 0 Å². The van der Waals surface area contributed by atoms with Crippen LogP contribution in [0.3, 0.4) is 0 Å². The Kier molecular flexibility index (Phi) is 4.51. The Balaban J connectivity index is 2.88. The summed E-state index contributed by atoms with van der Waals surface area (Å²) in [5.74, 6) is -0.992. The second-order valence-electron chi connectivity index (χ2n) is 3.09. The van der Waals surface area contributed by atoms with Gasteiger partial charge in [-0.3, -0.25) is 4.79 Å². The van der Waals surface area contributed by atoms with Gasteiger partial charge in [-0.1, -0.05) is 11.8 Å². The van der Waals surface area contributed by atoms with Gasteiger partial charge in [-0.2, -0.15) is 4.98 Å². The highest BCUT2D eigenvalue weighted by atomic mass is 32.2. The first-order chi connectivity index (χ1) is 7.54. The number of thioether (sulfide) groups is 1. The van der Waals surface area contributed by atoms with Crippen LogP contribution in [0, 0.1) is 6.92 Å². The number of carboxylic acid groups (broad SMARTS) is 1. The first kappa shape index (κ1) is 12.7. The molecule has 0 bridgehead atoms. The zero-order chi connectivity index (χ0) is 12.1. The summed E-state index contributed by atoms with van der Waals surface area (Å²) in [5.41, 5.74) is 0.238. The summed E-state index contributed by atoms with van der Waals surface area (Å²) in [4.78, 5) is 28.0. The number of aromatic amines is 1. The van der Waals surface area contributed by atoms with E-state index in [4.69, 9.17) is 9.84 Å². The topological polar surface area (TPSA) is 92.3 Å². The van der Waals surface area contributed by atoms with Gasteiger partial charge in [-0.15, -0.1) is 0 Å². The first-order valence-corrected chi connectivity index (χ1v) is 5.37. The predicted molar refractivity (Wildman–Crippen MR) is 58.8 cm³/mol. The van der Waals surface area contributed by atoms with Crippen molar-refractivity contribution in [3.8, 4) is 0 Å². The average Bonchev–Trinajstić information content (AvgIpc) is 2.22. The number of nitrogens with one attached hydrogen (secondary N) is 1. The standard InChI is InChI=1S/C9H12N2O4S/c1-5-3-10-9(14)11-7(5)16-6(4-15-2)8(12)13/h3,6H,4H2,1-2H3,(H,12,13)(H,10,11,14). The van der Waals surface area contributed by atoms with E-state index in [0.717, 1.165) is 17.3 Å². The van der Waals surface area contributed by atoms with Crippen molar-refractivity contribution < 1.29 is 14.6 Å². The number of ether oxygens (including phenoxy) is 1. The molecule has 6 nitrogen and oxygen atoms in total. The summed E-state index contributed by atoms with van der Waals surface area (Å²) < 4.78 is 4.79. The van der Waals surface area contributed by atoms with Crippen molar-refractivity contribution in [1.29, 1.82) is 0 Å². The van der Waals surface area contributed by atoms with Crippen LogP contribution in [0.2, 0.25) is 0 Å². The number of hydrogen-bond acceptors (Lipinski definition) is 5. The van der Waals surface area contributed by atoms with Crippen LogP contribution >= 0.6 is 11.8 Å². The number of methoxy groups -OCH3 is 1. The molecular formula is C9H12N2O4S. The average molecular weight is 244 g/mol. The van der Waals surface area contributed by atoms with Gasteiger partial charge in [0.2, 0.25) is 0 Å². The minimum atomic E-state index is -0.992. The lowest BCUT2D eigenvalue weighted by molar-refractivity contribution is -0.137. The minimum absolute atomic E-state index is 0.0634. The van der Waals surface area contributed by atoms with Gasteiger partial charge in [0.15, 0.2) is 0 Å². The highest BCUT2D eigenvalue weighted by molar-refractivity contribution is 8.00. The lowest BCUT2D eigenvalue weighted by Gasteiger charge is -2.10. The molecule has 0 saturated carbocycles. The molecule has 1 unspecified atom stereocenters. The van der Waals surface area contributed by atoms with Gasteiger partial charge in [0.05, 0.1) is 6.61 Å². The number of hydrogen-bond donors (Lipinski definition) is 2. The zero-order valence-electron chi connectivity index (χ0n) is 8.89. The summed E-state index contributed by atoms with van der Waals surface area (Å²) in [6.07, 6.45) is 1.50. The molecular weight excluding hydrogens is 232 g/mol. The van der Waals surface area contributed by atoms with Crippen molar-refractivity contribution in [1.82, 2.24) is 9.97 Å². The van der Waals surface area contributed by atoms with Gasteiger partial charge in [0.1, 0.15) is 10.3 Å². The Morgan fingerprint density at radius 1 is 1.75 bits per heavy atom. The lowest BCUT2D eigenvalue weighted by Crippen LogP contribution is -2.23. The highest BCUT2D eigenvalue weighted by Gasteiger charge is 2.20. The Hall–Kier alpha value is -1.34. The molecule has 0 aliphatic carbocycles. The summed E-state index contributed by atoms with van der Waals surface area (Å²) >= 11 is 1.01. The monoisotopic (exact) mass is 244 g/mol. The van der Waals surface area contributed by atoms with E-state index in [1.807, 2.05) is 0 Å². The Bertz CT molecular complexity index is 432. The number of aliphatic carboxylic acids is 1. The molecule has 1 heterocycles. The predicted octanol–water partition coefficient (Wildman–Crippen LogP) is 0.270. The van der Waals surface area contributed by atoms with Crippen molar-refractivity contribution in [3.63, 3.8) is 0 Å². The maximum absolute atomic E-state index is 11.0. The van der Waals surface area contributed by atoms with Gasteiger partial charge in [-0.25, -0.2) is 4.79 Å². The number of nitrogens with zero attached hydrogens (tertiary/aromatic N) is 1. The molecule has 1 rings (SSSR count). The molecule has 0 amide bonds. The molecule has 0 radical (unpaired) electrons. The third-order valence-electron chi connectivity index (χ3n) is 1.80. The van der Waals surface area contributed by atoms with E-state index in [2.05, 4.69) is 9.97 Å². The first-order valence-electron chi connectivity index (χ1n) is 4.49. The molecule has 2 N–H and O–H groups in total. The number of carboxylic acids is 1. The van der Waals surface area contributed by atoms with E-state index >= 15 is 0 Å². The summed E-state index contributed by atoms with van der Waals surface area (Å²) in [6, 6.07) is 0. The SMILES string of the molecule is COCC(Sc1nc(=O)[nH]cc1C)C(=O)O. The number of rotatable bonds is 5. The number of aromatic nitrogens is 2. The van der Waals surface area contributed by atoms with Gasteiger partial charge in [0.25, 0.3) is 0 Å². The molecule has 88 valence electrons. The molecule has 1 aromatic heterocycles. The summed E-state index contributed by atoms with van der Waals surface area (Å²) in [5, 5.41) is 8.56. The summed E-state index contributed by atoms with van der Waals surface area (Å²) in [6.45, 7) is 1.81. The van der Waals surface area contributed by atoms with E-state index in [1.54, 1.807) is 6.92 Å². The Morgan fingerprint density at radius 2 is 2.44 bits per heavy atom. The molecule has 1 aromatic rings. The van der Waals surface area contributed by atoms with Crippen molar-refractivity contribution in [3.05, 3.63) is 22.2 Å². The van der Waals surface area contributed by atoms with Crippen LogP contribution in [0.25, 0.3) is 0 Å². The van der Waals surface area contributed by atoms with Crippen LogP contribution in [0.1, 0.15) is 5.56 Å². The van der Waals surface area contributed by atoms with Crippen LogP contribution in [0.15, 0.2) is 16.0 Å². The largest absolute Gasteiger partial charge is 0.480 e. The molecule has 0 spiro atoms. The fourth-order valence-corrected chi connectivity index (χ4v) is 1.96. The Morgan fingerprint density at radius 3 is 3.00 bits per heavy atom. The molecule has 7 heteroatoms. The normalized spacial score (nSPS) is 12.4. The molecule has 0 aliphatic heterocycles. The lowest BCUT2D eigenvalue weighted by atomic mass is 10.4. The van der Waals surface area contributed by atoms with E-state index < -0.39 is 16.9 Å². The van der Waals surface area contributed by atoms with Crippen LogP contribution in [0.5, 0.6) is 0 Å². The molecule has 16 heavy (non-hydrogen) atoms. The summed E-state index contributed by atoms with van der Waals surface area (Å²) in [7, 11) is 1.43. The molecule has 1 atom stereocenters. The highest BCUT2D eigenvalue weighted by Crippen LogP contribution is 2.23. The molecule has 0 saturated heterocycles. The fourth-order valence-electron chi connectivity index (χ4n) is 1.01. The minimum Gasteiger partial charge on any atom is -0.480 e.